The van der Waals surface area contributed by atoms with Crippen LogP contribution in [0.2, 0.25) is 0 Å². The number of aromatic nitrogens is 1. The van der Waals surface area contributed by atoms with Gasteiger partial charge in [0.25, 0.3) is 0 Å². The molecule has 1 aromatic heterocycles. The highest BCUT2D eigenvalue weighted by Gasteiger charge is 2.15. The Morgan fingerprint density at radius 2 is 2.50 bits per heavy atom. The second kappa shape index (κ2) is 2.21. The molecule has 1 aliphatic rings. The molecule has 0 radical (unpaired) electrons. The smallest absolute Gasteiger partial charge is 0.134 e. The van der Waals surface area contributed by atoms with Gasteiger partial charge in [0, 0.05) is 12.7 Å². The molecular weight excluding hydrogens is 143 g/mol. The molecule has 0 aliphatic carbocycles. The highest BCUT2D eigenvalue weighted by molar-refractivity contribution is 7.19. The second-order valence-electron chi connectivity index (χ2n) is 2.43. The molecule has 0 amide bonds. The van der Waals surface area contributed by atoms with Crippen LogP contribution in [-0.2, 0) is 6.42 Å². The monoisotopic (exact) mass is 152 g/mol. The van der Waals surface area contributed by atoms with Gasteiger partial charge in [0.2, 0.25) is 0 Å². The summed E-state index contributed by atoms with van der Waals surface area (Å²) in [5.74, 6) is 1.12. The second-order valence-corrected chi connectivity index (χ2v) is 3.05. The normalized spacial score (nSPS) is 15.5. The van der Waals surface area contributed by atoms with Crippen LogP contribution >= 0.6 is 9.39 Å². The molecule has 0 saturated heterocycles. The van der Waals surface area contributed by atoms with E-state index in [0.717, 1.165) is 18.8 Å². The van der Waals surface area contributed by atoms with E-state index in [1.807, 2.05) is 12.3 Å². The van der Waals surface area contributed by atoms with Crippen LogP contribution in [0, 0.1) is 0 Å². The highest BCUT2D eigenvalue weighted by Crippen LogP contribution is 2.26. The molecule has 3 heteroatoms. The Morgan fingerprint density at radius 3 is 3.30 bits per heavy atom. The fourth-order valence-electron chi connectivity index (χ4n) is 1.23. The lowest BCUT2D eigenvalue weighted by molar-refractivity contribution is 1.05. The van der Waals surface area contributed by atoms with Gasteiger partial charge in [-0.2, -0.15) is 0 Å². The molecule has 0 spiro atoms. The van der Waals surface area contributed by atoms with E-state index in [-0.39, 0.29) is 0 Å². The lowest BCUT2D eigenvalue weighted by Crippen LogP contribution is -2.04. The van der Waals surface area contributed by atoms with Crippen LogP contribution in [0.3, 0.4) is 0 Å². The van der Waals surface area contributed by atoms with Crippen LogP contribution in [0.15, 0.2) is 18.3 Å². The van der Waals surface area contributed by atoms with Gasteiger partial charge < -0.3 is 4.67 Å². The molecular formula is C7H9N2P. The van der Waals surface area contributed by atoms with Crippen LogP contribution in [0.5, 0.6) is 0 Å². The highest BCUT2D eigenvalue weighted by atomic mass is 31.0. The maximum Gasteiger partial charge on any atom is 0.134 e. The van der Waals surface area contributed by atoms with E-state index in [4.69, 9.17) is 0 Å². The number of hydrogen-bond donors (Lipinski definition) is 0. The summed E-state index contributed by atoms with van der Waals surface area (Å²) < 4.78 is 2.11. The summed E-state index contributed by atoms with van der Waals surface area (Å²) in [6, 6.07) is 4.12. The summed E-state index contributed by atoms with van der Waals surface area (Å²) in [6.45, 7) is 1.08. The average Bonchev–Trinajstić information content (AvgIpc) is 2.34. The third-order valence-electron chi connectivity index (χ3n) is 1.76. The summed E-state index contributed by atoms with van der Waals surface area (Å²) in [6.07, 6.45) is 2.97. The summed E-state index contributed by atoms with van der Waals surface area (Å²) in [7, 11) is 2.67. The first-order valence-electron chi connectivity index (χ1n) is 3.34. The first kappa shape index (κ1) is 6.11. The molecule has 0 bridgehead atoms. The fraction of sp³-hybridized carbons (Fsp3) is 0.286. The summed E-state index contributed by atoms with van der Waals surface area (Å²) >= 11 is 0. The number of nitrogens with zero attached hydrogens (tertiary/aromatic N) is 2. The van der Waals surface area contributed by atoms with Crippen LogP contribution < -0.4 is 4.67 Å². The molecule has 0 N–H and O–H groups in total. The number of anilines is 1. The van der Waals surface area contributed by atoms with Crippen LogP contribution in [0.1, 0.15) is 5.56 Å². The fourth-order valence-corrected chi connectivity index (χ4v) is 1.59. The van der Waals surface area contributed by atoms with Gasteiger partial charge in [0.05, 0.1) is 0 Å². The molecule has 0 saturated carbocycles. The molecule has 1 aromatic rings. The number of hydrogen-bond acceptors (Lipinski definition) is 2. The molecule has 2 nitrogen and oxygen atoms in total. The molecule has 0 aromatic carbocycles. The van der Waals surface area contributed by atoms with E-state index in [2.05, 4.69) is 25.1 Å². The van der Waals surface area contributed by atoms with E-state index in [1.165, 1.54) is 5.56 Å². The van der Waals surface area contributed by atoms with E-state index in [1.54, 1.807) is 0 Å². The quantitative estimate of drug-likeness (QED) is 0.520. The van der Waals surface area contributed by atoms with Gasteiger partial charge in [0.15, 0.2) is 0 Å². The minimum atomic E-state index is 1.08. The molecule has 2 rings (SSSR count). The van der Waals surface area contributed by atoms with Crippen molar-refractivity contribution in [3.05, 3.63) is 23.9 Å². The van der Waals surface area contributed by atoms with Crippen molar-refractivity contribution in [3.63, 3.8) is 0 Å². The maximum atomic E-state index is 4.25. The van der Waals surface area contributed by atoms with Gasteiger partial charge in [-0.25, -0.2) is 4.98 Å². The predicted octanol–water partition coefficient (Wildman–Crippen LogP) is 1.23. The number of fused-ring (bicyclic) bond motifs is 1. The van der Waals surface area contributed by atoms with Crippen molar-refractivity contribution >= 4 is 15.2 Å². The van der Waals surface area contributed by atoms with Gasteiger partial charge >= 0.3 is 0 Å². The van der Waals surface area contributed by atoms with Crippen molar-refractivity contribution in [2.75, 3.05) is 11.2 Å². The third kappa shape index (κ3) is 0.800. The van der Waals surface area contributed by atoms with Crippen LogP contribution in [-0.4, -0.2) is 11.5 Å². The topological polar surface area (TPSA) is 16.1 Å². The molecule has 1 aliphatic heterocycles. The minimum Gasteiger partial charge on any atom is -0.341 e. The standard InChI is InChI=1S/C7H9N2P/c10-9-5-3-6-2-1-4-8-7(6)9/h1-2,4H,3,5,10H2. The Bertz CT molecular complexity index is 249. The average molecular weight is 152 g/mol. The maximum absolute atomic E-state index is 4.25. The van der Waals surface area contributed by atoms with Crippen LogP contribution in [0.25, 0.3) is 0 Å². The van der Waals surface area contributed by atoms with E-state index in [0.29, 0.717) is 0 Å². The summed E-state index contributed by atoms with van der Waals surface area (Å²) in [5.41, 5.74) is 1.36. The van der Waals surface area contributed by atoms with E-state index >= 15 is 0 Å². The first-order valence-corrected chi connectivity index (χ1v) is 3.86. The van der Waals surface area contributed by atoms with Crippen molar-refractivity contribution in [2.24, 2.45) is 0 Å². The largest absolute Gasteiger partial charge is 0.341 e. The lowest BCUT2D eigenvalue weighted by atomic mass is 10.2. The molecule has 52 valence electrons. The Morgan fingerprint density at radius 1 is 1.60 bits per heavy atom. The number of pyridine rings is 1. The molecule has 2 heterocycles. The van der Waals surface area contributed by atoms with Gasteiger partial charge in [0.1, 0.15) is 5.82 Å². The van der Waals surface area contributed by atoms with Gasteiger partial charge in [-0.3, -0.25) is 0 Å². The van der Waals surface area contributed by atoms with Crippen LogP contribution in [0.4, 0.5) is 5.82 Å². The Hall–Kier alpha value is -0.620. The van der Waals surface area contributed by atoms with Gasteiger partial charge in [-0.1, -0.05) is 6.07 Å². The Kier molecular flexibility index (Phi) is 1.35. The molecule has 1 unspecified atom stereocenters. The zero-order chi connectivity index (χ0) is 6.97. The molecule has 10 heavy (non-hydrogen) atoms. The predicted molar refractivity (Wildman–Crippen MR) is 45.0 cm³/mol. The Labute approximate surface area is 62.5 Å². The van der Waals surface area contributed by atoms with E-state index < -0.39 is 0 Å². The van der Waals surface area contributed by atoms with Crippen molar-refractivity contribution < 1.29 is 0 Å². The third-order valence-corrected chi connectivity index (χ3v) is 2.26. The summed E-state index contributed by atoms with van der Waals surface area (Å²) in [5, 5.41) is 0. The van der Waals surface area contributed by atoms with E-state index in [9.17, 15) is 0 Å². The summed E-state index contributed by atoms with van der Waals surface area (Å²) in [4.78, 5) is 4.25. The zero-order valence-electron chi connectivity index (χ0n) is 5.62. The lowest BCUT2D eigenvalue weighted by Gasteiger charge is -2.08. The van der Waals surface area contributed by atoms with Crippen molar-refractivity contribution in [2.45, 2.75) is 6.42 Å². The zero-order valence-corrected chi connectivity index (χ0v) is 6.77. The van der Waals surface area contributed by atoms with Crippen molar-refractivity contribution in [1.82, 2.24) is 4.98 Å². The van der Waals surface area contributed by atoms with Gasteiger partial charge in [-0.15, -0.1) is 0 Å². The SMILES string of the molecule is PN1CCc2cccnc21. The molecule has 1 atom stereocenters. The van der Waals surface area contributed by atoms with Crippen molar-refractivity contribution in [3.8, 4) is 0 Å². The first-order chi connectivity index (χ1) is 4.88. The number of rotatable bonds is 0. The minimum absolute atomic E-state index is 1.08. The van der Waals surface area contributed by atoms with Crippen molar-refractivity contribution in [1.29, 1.82) is 0 Å². The van der Waals surface area contributed by atoms with Gasteiger partial charge in [-0.05, 0) is 27.4 Å². The molecule has 0 fully saturated rings. The Balaban J connectivity index is 2.51.